The largest absolute Gasteiger partial charge is 0.417 e. The highest BCUT2D eigenvalue weighted by molar-refractivity contribution is 6.31. The van der Waals surface area contributed by atoms with Crippen molar-refractivity contribution in [2.75, 3.05) is 11.9 Å². The molecule has 0 atom stereocenters. The molecule has 5 nitrogen and oxygen atoms in total. The molecule has 9 heteroatoms. The summed E-state index contributed by atoms with van der Waals surface area (Å²) in [7, 11) is 0. The molecule has 27 heavy (non-hydrogen) atoms. The monoisotopic (exact) mass is 399 g/mol. The molecule has 0 unspecified atom stereocenters. The summed E-state index contributed by atoms with van der Waals surface area (Å²) in [6, 6.07) is 8.41. The third kappa shape index (κ3) is 6.25. The second-order valence-corrected chi connectivity index (χ2v) is 6.16. The molecule has 2 aromatic rings. The Hall–Kier alpha value is -2.61. The molecule has 0 saturated heterocycles. The van der Waals surface area contributed by atoms with Crippen molar-refractivity contribution >= 4 is 29.1 Å². The van der Waals surface area contributed by atoms with Gasteiger partial charge in [-0.05, 0) is 30.3 Å². The Morgan fingerprint density at radius 2 is 1.96 bits per heavy atom. The minimum atomic E-state index is -4.62. The van der Waals surface area contributed by atoms with Gasteiger partial charge in [0.05, 0.1) is 22.8 Å². The quantitative estimate of drug-likeness (QED) is 0.794. The third-order valence-corrected chi connectivity index (χ3v) is 4.02. The van der Waals surface area contributed by atoms with E-state index in [1.54, 1.807) is 24.4 Å². The summed E-state index contributed by atoms with van der Waals surface area (Å²) in [5.74, 6) is -0.753. The summed E-state index contributed by atoms with van der Waals surface area (Å²) >= 11 is 5.55. The average Bonchev–Trinajstić information content (AvgIpc) is 2.60. The molecule has 0 saturated carbocycles. The zero-order chi connectivity index (χ0) is 20.0. The predicted molar refractivity (Wildman–Crippen MR) is 95.0 cm³/mol. The number of carbonyl (C=O) groups is 2. The fourth-order valence-electron chi connectivity index (χ4n) is 2.32. The number of alkyl halides is 3. The van der Waals surface area contributed by atoms with E-state index >= 15 is 0 Å². The third-order valence-electron chi connectivity index (χ3n) is 3.69. The molecule has 0 bridgehead atoms. The van der Waals surface area contributed by atoms with Crippen LogP contribution in [-0.4, -0.2) is 28.2 Å². The van der Waals surface area contributed by atoms with Crippen molar-refractivity contribution in [1.82, 2.24) is 9.88 Å². The van der Waals surface area contributed by atoms with Gasteiger partial charge in [0.1, 0.15) is 0 Å². The Balaban J connectivity index is 1.97. The molecule has 0 radical (unpaired) electrons. The molecule has 144 valence electrons. The molecule has 2 rings (SSSR count). The number of halogens is 4. The van der Waals surface area contributed by atoms with Crippen molar-refractivity contribution in [1.29, 1.82) is 0 Å². The van der Waals surface area contributed by atoms with Gasteiger partial charge >= 0.3 is 6.18 Å². The first-order valence-corrected chi connectivity index (χ1v) is 8.36. The van der Waals surface area contributed by atoms with E-state index in [4.69, 9.17) is 11.6 Å². The number of anilines is 1. The number of nitrogens with zero attached hydrogens (tertiary/aromatic N) is 2. The topological polar surface area (TPSA) is 62.3 Å². The lowest BCUT2D eigenvalue weighted by atomic mass is 10.2. The molecule has 1 aromatic carbocycles. The maximum absolute atomic E-state index is 12.9. The number of hydrogen-bond donors (Lipinski definition) is 1. The zero-order valence-electron chi connectivity index (χ0n) is 14.4. The lowest BCUT2D eigenvalue weighted by molar-refractivity contribution is -0.137. The van der Waals surface area contributed by atoms with Gasteiger partial charge in [-0.15, -0.1) is 0 Å². The van der Waals surface area contributed by atoms with Crippen molar-refractivity contribution in [3.05, 3.63) is 58.9 Å². The van der Waals surface area contributed by atoms with E-state index in [-0.39, 0.29) is 31.1 Å². The smallest absolute Gasteiger partial charge is 0.337 e. The van der Waals surface area contributed by atoms with Gasteiger partial charge < -0.3 is 10.2 Å². The van der Waals surface area contributed by atoms with Crippen LogP contribution in [0.25, 0.3) is 0 Å². The molecular formula is C18H17ClF3N3O2. The number of hydrogen-bond acceptors (Lipinski definition) is 3. The first-order valence-electron chi connectivity index (χ1n) is 7.99. The molecule has 1 aromatic heterocycles. The number of rotatable bonds is 6. The van der Waals surface area contributed by atoms with Gasteiger partial charge in [-0.25, -0.2) is 0 Å². The molecule has 0 fully saturated rings. The standard InChI is InChI=1S/C18H17ClF3N3O2/c1-12(26)25(11-14-4-2-3-8-23-14)9-7-17(27)24-13-5-6-16(19)15(10-13)18(20,21)22/h2-6,8,10H,7,9,11H2,1H3,(H,24,27). The minimum Gasteiger partial charge on any atom is -0.337 e. The average molecular weight is 400 g/mol. The van der Waals surface area contributed by atoms with Gasteiger partial charge in [-0.3, -0.25) is 14.6 Å². The highest BCUT2D eigenvalue weighted by Gasteiger charge is 2.33. The van der Waals surface area contributed by atoms with E-state index in [2.05, 4.69) is 10.3 Å². The van der Waals surface area contributed by atoms with E-state index in [9.17, 15) is 22.8 Å². The van der Waals surface area contributed by atoms with Gasteiger partial charge in [0.2, 0.25) is 11.8 Å². The zero-order valence-corrected chi connectivity index (χ0v) is 15.1. The van der Waals surface area contributed by atoms with Crippen molar-refractivity contribution < 1.29 is 22.8 Å². The van der Waals surface area contributed by atoms with Crippen LogP contribution in [-0.2, 0) is 22.3 Å². The number of pyridine rings is 1. The predicted octanol–water partition coefficient (Wildman–Crippen LogP) is 4.13. The van der Waals surface area contributed by atoms with Gasteiger partial charge in [0, 0.05) is 31.8 Å². The second-order valence-electron chi connectivity index (χ2n) is 5.75. The number of amides is 2. The Morgan fingerprint density at radius 3 is 2.56 bits per heavy atom. The molecule has 2 amide bonds. The molecule has 0 aliphatic rings. The van der Waals surface area contributed by atoms with Crippen molar-refractivity contribution in [3.63, 3.8) is 0 Å². The van der Waals surface area contributed by atoms with E-state index < -0.39 is 22.7 Å². The normalized spacial score (nSPS) is 11.1. The van der Waals surface area contributed by atoms with Crippen LogP contribution in [0.3, 0.4) is 0 Å². The Kier molecular flexibility index (Phi) is 6.79. The molecule has 1 heterocycles. The summed E-state index contributed by atoms with van der Waals surface area (Å²) in [4.78, 5) is 29.4. The lowest BCUT2D eigenvalue weighted by Gasteiger charge is -2.20. The minimum absolute atomic E-state index is 0.0178. The van der Waals surface area contributed by atoms with E-state index in [1.165, 1.54) is 17.9 Å². The fourth-order valence-corrected chi connectivity index (χ4v) is 2.54. The van der Waals surface area contributed by atoms with Gasteiger partial charge in [0.25, 0.3) is 0 Å². The summed E-state index contributed by atoms with van der Waals surface area (Å²) < 4.78 is 38.6. The maximum Gasteiger partial charge on any atom is 0.417 e. The van der Waals surface area contributed by atoms with Crippen LogP contribution >= 0.6 is 11.6 Å². The summed E-state index contributed by atoms with van der Waals surface area (Å²) in [5.41, 5.74) is -0.376. The second kappa shape index (κ2) is 8.85. The fraction of sp³-hybridized carbons (Fsp3) is 0.278. The first kappa shape index (κ1) is 20.7. The van der Waals surface area contributed by atoms with Crippen LogP contribution < -0.4 is 5.32 Å². The van der Waals surface area contributed by atoms with Crippen LogP contribution in [0.4, 0.5) is 18.9 Å². The lowest BCUT2D eigenvalue weighted by Crippen LogP contribution is -2.31. The van der Waals surface area contributed by atoms with Crippen LogP contribution in [0.15, 0.2) is 42.6 Å². The summed E-state index contributed by atoms with van der Waals surface area (Å²) in [6.45, 7) is 1.72. The first-order chi connectivity index (χ1) is 12.7. The highest BCUT2D eigenvalue weighted by Crippen LogP contribution is 2.36. The van der Waals surface area contributed by atoms with Crippen molar-refractivity contribution in [2.45, 2.75) is 26.1 Å². The van der Waals surface area contributed by atoms with Crippen LogP contribution in [0.1, 0.15) is 24.6 Å². The van der Waals surface area contributed by atoms with Gasteiger partial charge in [-0.2, -0.15) is 13.2 Å². The highest BCUT2D eigenvalue weighted by atomic mass is 35.5. The summed E-state index contributed by atoms with van der Waals surface area (Å²) in [5, 5.41) is 1.94. The van der Waals surface area contributed by atoms with Crippen molar-refractivity contribution in [3.8, 4) is 0 Å². The number of carbonyl (C=O) groups excluding carboxylic acids is 2. The maximum atomic E-state index is 12.9. The SMILES string of the molecule is CC(=O)N(CCC(=O)Nc1ccc(Cl)c(C(F)(F)F)c1)Cc1ccccn1. The van der Waals surface area contributed by atoms with E-state index in [0.717, 1.165) is 12.1 Å². The molecule has 0 aliphatic heterocycles. The van der Waals surface area contributed by atoms with Crippen LogP contribution in [0.5, 0.6) is 0 Å². The van der Waals surface area contributed by atoms with E-state index in [1.807, 2.05) is 0 Å². The molecule has 0 spiro atoms. The Morgan fingerprint density at radius 1 is 1.22 bits per heavy atom. The summed E-state index contributed by atoms with van der Waals surface area (Å²) in [6.07, 6.45) is -3.10. The van der Waals surface area contributed by atoms with Crippen LogP contribution in [0.2, 0.25) is 5.02 Å². The number of aromatic nitrogens is 1. The van der Waals surface area contributed by atoms with Crippen molar-refractivity contribution in [2.24, 2.45) is 0 Å². The Labute approximate surface area is 159 Å². The number of benzene rings is 1. The Bertz CT molecular complexity index is 813. The van der Waals surface area contributed by atoms with E-state index in [0.29, 0.717) is 5.69 Å². The molecular weight excluding hydrogens is 383 g/mol. The van der Waals surface area contributed by atoms with Gasteiger partial charge in [0.15, 0.2) is 0 Å². The molecule has 1 N–H and O–H groups in total. The van der Waals surface area contributed by atoms with Crippen LogP contribution in [0, 0.1) is 0 Å². The molecule has 0 aliphatic carbocycles. The number of nitrogens with one attached hydrogen (secondary N) is 1. The van der Waals surface area contributed by atoms with Gasteiger partial charge in [-0.1, -0.05) is 17.7 Å².